The van der Waals surface area contributed by atoms with Crippen LogP contribution in [0, 0.1) is 6.92 Å². The number of likely N-dealkylation sites (N-methyl/N-ethyl adjacent to an activating group) is 1. The van der Waals surface area contributed by atoms with E-state index in [-0.39, 0.29) is 11.3 Å². The largest absolute Gasteiger partial charge is 0.387 e. The normalized spacial score (nSPS) is 11.4. The summed E-state index contributed by atoms with van der Waals surface area (Å²) in [7, 11) is 1.68. The molecule has 0 radical (unpaired) electrons. The van der Waals surface area contributed by atoms with E-state index in [1.54, 1.807) is 7.05 Å². The lowest BCUT2D eigenvalue weighted by atomic mass is 9.86. The van der Waals surface area contributed by atoms with Crippen LogP contribution in [0.25, 0.3) is 0 Å². The van der Waals surface area contributed by atoms with Gasteiger partial charge in [0.2, 0.25) is 0 Å². The predicted molar refractivity (Wildman–Crippen MR) is 70.4 cm³/mol. The fourth-order valence-electron chi connectivity index (χ4n) is 1.74. The summed E-state index contributed by atoms with van der Waals surface area (Å²) in [5.74, 6) is -0.295. The number of aliphatic hydroxyl groups is 1. The SMILES string of the molecule is Cc1cc(C(C)(C)C)ccc1N(C)C(=O)CO. The lowest BCUT2D eigenvalue weighted by Crippen LogP contribution is -2.29. The van der Waals surface area contributed by atoms with Crippen molar-refractivity contribution in [1.82, 2.24) is 0 Å². The maximum atomic E-state index is 11.4. The van der Waals surface area contributed by atoms with Gasteiger partial charge in [-0.1, -0.05) is 32.9 Å². The van der Waals surface area contributed by atoms with Gasteiger partial charge in [-0.2, -0.15) is 0 Å². The van der Waals surface area contributed by atoms with E-state index in [0.717, 1.165) is 11.3 Å². The zero-order valence-corrected chi connectivity index (χ0v) is 11.2. The van der Waals surface area contributed by atoms with E-state index in [1.165, 1.54) is 10.5 Å². The molecule has 1 amide bonds. The van der Waals surface area contributed by atoms with Crippen molar-refractivity contribution in [3.8, 4) is 0 Å². The first-order valence-electron chi connectivity index (χ1n) is 5.76. The Morgan fingerprint density at radius 2 is 1.94 bits per heavy atom. The van der Waals surface area contributed by atoms with Crippen LogP contribution in [0.1, 0.15) is 31.9 Å². The minimum atomic E-state index is -0.461. The topological polar surface area (TPSA) is 40.5 Å². The Bertz CT molecular complexity index is 419. The highest BCUT2D eigenvalue weighted by Crippen LogP contribution is 2.27. The second-order valence-corrected chi connectivity index (χ2v) is 5.36. The van der Waals surface area contributed by atoms with Crippen LogP contribution in [-0.4, -0.2) is 24.7 Å². The zero-order chi connectivity index (χ0) is 13.2. The number of rotatable bonds is 2. The van der Waals surface area contributed by atoms with Gasteiger partial charge in [-0.05, 0) is 29.5 Å². The van der Waals surface area contributed by atoms with Gasteiger partial charge >= 0.3 is 0 Å². The van der Waals surface area contributed by atoms with Crippen molar-refractivity contribution >= 4 is 11.6 Å². The maximum absolute atomic E-state index is 11.4. The maximum Gasteiger partial charge on any atom is 0.252 e. The van der Waals surface area contributed by atoms with E-state index in [0.29, 0.717) is 0 Å². The summed E-state index contributed by atoms with van der Waals surface area (Å²) in [6.07, 6.45) is 0. The third-order valence-electron chi connectivity index (χ3n) is 2.93. The number of hydrogen-bond donors (Lipinski definition) is 1. The number of carbonyl (C=O) groups excluding carboxylic acids is 1. The second-order valence-electron chi connectivity index (χ2n) is 5.36. The Labute approximate surface area is 103 Å². The van der Waals surface area contributed by atoms with Gasteiger partial charge < -0.3 is 10.0 Å². The molecule has 0 saturated heterocycles. The molecule has 0 saturated carbocycles. The number of anilines is 1. The average molecular weight is 235 g/mol. The predicted octanol–water partition coefficient (Wildman–Crippen LogP) is 2.25. The molecule has 0 aliphatic rings. The van der Waals surface area contributed by atoms with Crippen LogP contribution in [0.15, 0.2) is 18.2 Å². The van der Waals surface area contributed by atoms with Gasteiger partial charge in [-0.15, -0.1) is 0 Å². The molecular formula is C14H21NO2. The minimum absolute atomic E-state index is 0.100. The third-order valence-corrected chi connectivity index (χ3v) is 2.93. The summed E-state index contributed by atoms with van der Waals surface area (Å²) in [6, 6.07) is 6.06. The Balaban J connectivity index is 3.10. The van der Waals surface area contributed by atoms with Crippen molar-refractivity contribution in [2.75, 3.05) is 18.6 Å². The van der Waals surface area contributed by atoms with E-state index >= 15 is 0 Å². The molecule has 1 aromatic carbocycles. The minimum Gasteiger partial charge on any atom is -0.387 e. The summed E-state index contributed by atoms with van der Waals surface area (Å²) in [6.45, 7) is 7.99. The van der Waals surface area contributed by atoms with Crippen LogP contribution >= 0.6 is 0 Å². The van der Waals surface area contributed by atoms with Gasteiger partial charge in [0.05, 0.1) is 0 Å². The Hall–Kier alpha value is -1.35. The molecule has 0 bridgehead atoms. The number of aryl methyl sites for hydroxylation is 1. The third kappa shape index (κ3) is 3.07. The van der Waals surface area contributed by atoms with Crippen molar-refractivity contribution in [1.29, 1.82) is 0 Å². The van der Waals surface area contributed by atoms with E-state index in [9.17, 15) is 4.79 Å². The highest BCUT2D eigenvalue weighted by Gasteiger charge is 2.17. The van der Waals surface area contributed by atoms with Crippen molar-refractivity contribution < 1.29 is 9.90 Å². The highest BCUT2D eigenvalue weighted by molar-refractivity contribution is 5.94. The van der Waals surface area contributed by atoms with Gasteiger partial charge in [0.15, 0.2) is 0 Å². The molecule has 0 heterocycles. The van der Waals surface area contributed by atoms with Crippen LogP contribution in [0.2, 0.25) is 0 Å². The molecule has 94 valence electrons. The van der Waals surface area contributed by atoms with Crippen LogP contribution in [0.5, 0.6) is 0 Å². The molecule has 1 N–H and O–H groups in total. The number of amides is 1. The molecule has 1 aromatic rings. The molecule has 3 nitrogen and oxygen atoms in total. The van der Waals surface area contributed by atoms with E-state index in [1.807, 2.05) is 19.1 Å². The molecule has 17 heavy (non-hydrogen) atoms. The van der Waals surface area contributed by atoms with Crippen molar-refractivity contribution in [3.05, 3.63) is 29.3 Å². The second kappa shape index (κ2) is 4.88. The van der Waals surface area contributed by atoms with Crippen LogP contribution in [0.4, 0.5) is 5.69 Å². The van der Waals surface area contributed by atoms with Crippen molar-refractivity contribution in [3.63, 3.8) is 0 Å². The number of hydrogen-bond acceptors (Lipinski definition) is 2. The van der Waals surface area contributed by atoms with Gasteiger partial charge in [-0.25, -0.2) is 0 Å². The molecule has 0 aromatic heterocycles. The molecule has 3 heteroatoms. The molecule has 0 aliphatic carbocycles. The Morgan fingerprint density at radius 1 is 1.35 bits per heavy atom. The quantitative estimate of drug-likeness (QED) is 0.854. The van der Waals surface area contributed by atoms with Crippen LogP contribution < -0.4 is 4.90 Å². The number of carbonyl (C=O) groups is 1. The lowest BCUT2D eigenvalue weighted by molar-refractivity contribution is -0.120. The molecule has 0 spiro atoms. The first-order chi connectivity index (χ1) is 7.77. The first kappa shape index (κ1) is 13.7. The lowest BCUT2D eigenvalue weighted by Gasteiger charge is -2.23. The van der Waals surface area contributed by atoms with E-state index in [4.69, 9.17) is 5.11 Å². The monoisotopic (exact) mass is 235 g/mol. The molecule has 0 aliphatic heterocycles. The number of benzene rings is 1. The van der Waals surface area contributed by atoms with E-state index < -0.39 is 6.61 Å². The average Bonchev–Trinajstić information content (AvgIpc) is 2.25. The highest BCUT2D eigenvalue weighted by atomic mass is 16.3. The Morgan fingerprint density at radius 3 is 2.35 bits per heavy atom. The van der Waals surface area contributed by atoms with Crippen molar-refractivity contribution in [2.45, 2.75) is 33.1 Å². The first-order valence-corrected chi connectivity index (χ1v) is 5.76. The molecule has 1 rings (SSSR count). The fraction of sp³-hybridized carbons (Fsp3) is 0.500. The number of nitrogens with zero attached hydrogens (tertiary/aromatic N) is 1. The smallest absolute Gasteiger partial charge is 0.252 e. The van der Waals surface area contributed by atoms with Gasteiger partial charge in [0, 0.05) is 12.7 Å². The zero-order valence-electron chi connectivity index (χ0n) is 11.2. The Kier molecular flexibility index (Phi) is 3.94. The number of aliphatic hydroxyl groups excluding tert-OH is 1. The molecule has 0 unspecified atom stereocenters. The van der Waals surface area contributed by atoms with Gasteiger partial charge in [0.25, 0.3) is 5.91 Å². The fourth-order valence-corrected chi connectivity index (χ4v) is 1.74. The summed E-state index contributed by atoms with van der Waals surface area (Å²) in [4.78, 5) is 12.9. The van der Waals surface area contributed by atoms with Gasteiger partial charge in [0.1, 0.15) is 6.61 Å². The van der Waals surface area contributed by atoms with Crippen molar-refractivity contribution in [2.24, 2.45) is 0 Å². The molecular weight excluding hydrogens is 214 g/mol. The summed E-state index contributed by atoms with van der Waals surface area (Å²) in [5.41, 5.74) is 3.23. The summed E-state index contributed by atoms with van der Waals surface area (Å²) >= 11 is 0. The molecule has 0 fully saturated rings. The van der Waals surface area contributed by atoms with E-state index in [2.05, 4.69) is 26.8 Å². The summed E-state index contributed by atoms with van der Waals surface area (Å²) < 4.78 is 0. The standard InChI is InChI=1S/C14H21NO2/c1-10-8-11(14(2,3)4)6-7-12(10)15(5)13(17)9-16/h6-8,16H,9H2,1-5H3. The summed E-state index contributed by atoms with van der Waals surface area (Å²) in [5, 5.41) is 8.85. The van der Waals surface area contributed by atoms with Gasteiger partial charge in [-0.3, -0.25) is 4.79 Å². The molecule has 0 atom stereocenters. The van der Waals surface area contributed by atoms with Crippen LogP contribution in [0.3, 0.4) is 0 Å². The van der Waals surface area contributed by atoms with Crippen LogP contribution in [-0.2, 0) is 10.2 Å².